The Bertz CT molecular complexity index is 635. The van der Waals surface area contributed by atoms with E-state index in [2.05, 4.69) is 15.1 Å². The lowest BCUT2D eigenvalue weighted by molar-refractivity contribution is -0.122. The first kappa shape index (κ1) is 16.7. The van der Waals surface area contributed by atoms with Crippen molar-refractivity contribution in [3.05, 3.63) is 59.8 Å². The summed E-state index contributed by atoms with van der Waals surface area (Å²) >= 11 is 0. The number of amides is 1. The SMILES string of the molecule is O=C(CN1CCN(Cc2ccc(F)cc2)CC1)NCc1ccco1. The molecule has 1 aliphatic heterocycles. The number of benzene rings is 1. The van der Waals surface area contributed by atoms with Gasteiger partial charge in [0.1, 0.15) is 11.6 Å². The van der Waals surface area contributed by atoms with Gasteiger partial charge in [-0.25, -0.2) is 4.39 Å². The molecule has 1 N–H and O–H groups in total. The number of halogens is 1. The Labute approximate surface area is 141 Å². The van der Waals surface area contributed by atoms with E-state index in [4.69, 9.17) is 4.42 Å². The van der Waals surface area contributed by atoms with Gasteiger partial charge in [0.15, 0.2) is 0 Å². The van der Waals surface area contributed by atoms with Gasteiger partial charge in [-0.15, -0.1) is 0 Å². The van der Waals surface area contributed by atoms with Crippen LogP contribution in [0.4, 0.5) is 4.39 Å². The number of carbonyl (C=O) groups excluding carboxylic acids is 1. The first-order valence-corrected chi connectivity index (χ1v) is 8.17. The minimum absolute atomic E-state index is 0.0124. The van der Waals surface area contributed by atoms with Gasteiger partial charge in [-0.1, -0.05) is 12.1 Å². The predicted molar refractivity (Wildman–Crippen MR) is 88.7 cm³/mol. The molecule has 1 aromatic heterocycles. The summed E-state index contributed by atoms with van der Waals surface area (Å²) in [5.41, 5.74) is 1.11. The second kappa shape index (κ2) is 8.08. The lowest BCUT2D eigenvalue weighted by atomic mass is 10.2. The fourth-order valence-electron chi connectivity index (χ4n) is 2.81. The highest BCUT2D eigenvalue weighted by molar-refractivity contribution is 5.77. The monoisotopic (exact) mass is 331 g/mol. The Balaban J connectivity index is 1.37. The van der Waals surface area contributed by atoms with E-state index in [1.807, 2.05) is 24.3 Å². The predicted octanol–water partition coefficient (Wildman–Crippen LogP) is 1.85. The summed E-state index contributed by atoms with van der Waals surface area (Å²) in [6, 6.07) is 10.3. The van der Waals surface area contributed by atoms with Crippen LogP contribution in [0.2, 0.25) is 0 Å². The van der Waals surface area contributed by atoms with Crippen molar-refractivity contribution >= 4 is 5.91 Å². The highest BCUT2D eigenvalue weighted by atomic mass is 19.1. The third-order valence-electron chi connectivity index (χ3n) is 4.19. The fraction of sp³-hybridized carbons (Fsp3) is 0.389. The van der Waals surface area contributed by atoms with Crippen LogP contribution < -0.4 is 5.32 Å². The van der Waals surface area contributed by atoms with Crippen LogP contribution in [-0.2, 0) is 17.9 Å². The van der Waals surface area contributed by atoms with Gasteiger partial charge in [0.05, 0.1) is 19.4 Å². The van der Waals surface area contributed by atoms with Crippen molar-refractivity contribution in [2.75, 3.05) is 32.7 Å². The molecule has 0 atom stereocenters. The molecule has 1 fully saturated rings. The molecule has 2 aromatic rings. The van der Waals surface area contributed by atoms with Crippen LogP contribution in [-0.4, -0.2) is 48.4 Å². The van der Waals surface area contributed by atoms with Crippen LogP contribution in [0, 0.1) is 5.82 Å². The average molecular weight is 331 g/mol. The number of hydrogen-bond acceptors (Lipinski definition) is 4. The average Bonchev–Trinajstić information content (AvgIpc) is 3.10. The molecule has 24 heavy (non-hydrogen) atoms. The quantitative estimate of drug-likeness (QED) is 0.878. The molecule has 6 heteroatoms. The van der Waals surface area contributed by atoms with Crippen molar-refractivity contribution in [1.82, 2.24) is 15.1 Å². The summed E-state index contributed by atoms with van der Waals surface area (Å²) < 4.78 is 18.1. The van der Waals surface area contributed by atoms with E-state index in [0.717, 1.165) is 44.0 Å². The summed E-state index contributed by atoms with van der Waals surface area (Å²) in [7, 11) is 0. The molecule has 0 bridgehead atoms. The molecular formula is C18H22FN3O2. The lowest BCUT2D eigenvalue weighted by Crippen LogP contribution is -2.49. The molecule has 1 saturated heterocycles. The fourth-order valence-corrected chi connectivity index (χ4v) is 2.81. The van der Waals surface area contributed by atoms with Crippen molar-refractivity contribution in [3.63, 3.8) is 0 Å². The first-order valence-electron chi connectivity index (χ1n) is 8.17. The van der Waals surface area contributed by atoms with Gasteiger partial charge in [0.2, 0.25) is 5.91 Å². The zero-order chi connectivity index (χ0) is 16.8. The van der Waals surface area contributed by atoms with Crippen molar-refractivity contribution in [2.24, 2.45) is 0 Å². The van der Waals surface area contributed by atoms with E-state index in [9.17, 15) is 9.18 Å². The number of hydrogen-bond donors (Lipinski definition) is 1. The Kier molecular flexibility index (Phi) is 5.61. The summed E-state index contributed by atoms with van der Waals surface area (Å²) in [6.07, 6.45) is 1.60. The number of nitrogens with zero attached hydrogens (tertiary/aromatic N) is 2. The Morgan fingerprint density at radius 2 is 1.79 bits per heavy atom. The van der Waals surface area contributed by atoms with Gasteiger partial charge >= 0.3 is 0 Å². The van der Waals surface area contributed by atoms with Crippen LogP contribution in [0.25, 0.3) is 0 Å². The molecule has 128 valence electrons. The highest BCUT2D eigenvalue weighted by Crippen LogP contribution is 2.09. The molecule has 0 spiro atoms. The Morgan fingerprint density at radius 1 is 1.08 bits per heavy atom. The zero-order valence-corrected chi connectivity index (χ0v) is 13.6. The summed E-state index contributed by atoms with van der Waals surface area (Å²) in [6.45, 7) is 5.18. The van der Waals surface area contributed by atoms with Crippen molar-refractivity contribution in [3.8, 4) is 0 Å². The lowest BCUT2D eigenvalue weighted by Gasteiger charge is -2.34. The molecule has 5 nitrogen and oxygen atoms in total. The summed E-state index contributed by atoms with van der Waals surface area (Å²) in [4.78, 5) is 16.4. The minimum Gasteiger partial charge on any atom is -0.467 e. The van der Waals surface area contributed by atoms with Crippen molar-refractivity contribution in [2.45, 2.75) is 13.1 Å². The Hall–Kier alpha value is -2.18. The number of furan rings is 1. The highest BCUT2D eigenvalue weighted by Gasteiger charge is 2.19. The van der Waals surface area contributed by atoms with Crippen LogP contribution in [0.15, 0.2) is 47.1 Å². The van der Waals surface area contributed by atoms with Gasteiger partial charge in [-0.3, -0.25) is 14.6 Å². The van der Waals surface area contributed by atoms with Crippen LogP contribution in [0.5, 0.6) is 0 Å². The van der Waals surface area contributed by atoms with E-state index < -0.39 is 0 Å². The third kappa shape index (κ3) is 4.91. The first-order chi connectivity index (χ1) is 11.7. The number of piperazine rings is 1. The van der Waals surface area contributed by atoms with Crippen molar-refractivity contribution in [1.29, 1.82) is 0 Å². The molecule has 0 saturated carbocycles. The molecule has 2 heterocycles. The third-order valence-corrected chi connectivity index (χ3v) is 4.19. The molecule has 1 aromatic carbocycles. The van der Waals surface area contributed by atoms with Crippen LogP contribution in [0.3, 0.4) is 0 Å². The van der Waals surface area contributed by atoms with Gasteiger partial charge in [-0.05, 0) is 29.8 Å². The number of carbonyl (C=O) groups is 1. The maximum atomic E-state index is 12.9. The standard InChI is InChI=1S/C18H22FN3O2/c19-16-5-3-15(4-6-16)13-21-7-9-22(10-8-21)14-18(23)20-12-17-2-1-11-24-17/h1-6,11H,7-10,12-14H2,(H,20,23). The van der Waals surface area contributed by atoms with Gasteiger partial charge in [0.25, 0.3) is 0 Å². The largest absolute Gasteiger partial charge is 0.467 e. The van der Waals surface area contributed by atoms with Gasteiger partial charge in [-0.2, -0.15) is 0 Å². The van der Waals surface area contributed by atoms with E-state index in [1.165, 1.54) is 12.1 Å². The maximum Gasteiger partial charge on any atom is 0.234 e. The molecular weight excluding hydrogens is 309 g/mol. The second-order valence-electron chi connectivity index (χ2n) is 6.03. The number of nitrogens with one attached hydrogen (secondary N) is 1. The molecule has 0 unspecified atom stereocenters. The van der Waals surface area contributed by atoms with Crippen LogP contribution in [0.1, 0.15) is 11.3 Å². The van der Waals surface area contributed by atoms with E-state index in [-0.39, 0.29) is 11.7 Å². The molecule has 3 rings (SSSR count). The van der Waals surface area contributed by atoms with Gasteiger partial charge < -0.3 is 9.73 Å². The normalized spacial score (nSPS) is 16.2. The molecule has 1 aliphatic rings. The van der Waals surface area contributed by atoms with Gasteiger partial charge in [0, 0.05) is 32.7 Å². The molecule has 0 radical (unpaired) electrons. The summed E-state index contributed by atoms with van der Waals surface area (Å²) in [5.74, 6) is 0.565. The smallest absolute Gasteiger partial charge is 0.234 e. The van der Waals surface area contributed by atoms with E-state index in [0.29, 0.717) is 13.1 Å². The van der Waals surface area contributed by atoms with Crippen molar-refractivity contribution < 1.29 is 13.6 Å². The van der Waals surface area contributed by atoms with E-state index in [1.54, 1.807) is 6.26 Å². The maximum absolute atomic E-state index is 12.9. The van der Waals surface area contributed by atoms with Crippen LogP contribution >= 0.6 is 0 Å². The second-order valence-corrected chi connectivity index (χ2v) is 6.03. The minimum atomic E-state index is -0.205. The zero-order valence-electron chi connectivity index (χ0n) is 13.6. The molecule has 1 amide bonds. The summed E-state index contributed by atoms with van der Waals surface area (Å²) in [5, 5.41) is 2.87. The molecule has 0 aliphatic carbocycles. The number of rotatable bonds is 6. The van der Waals surface area contributed by atoms with E-state index >= 15 is 0 Å². The Morgan fingerprint density at radius 3 is 2.46 bits per heavy atom. The topological polar surface area (TPSA) is 48.7 Å².